The van der Waals surface area contributed by atoms with Crippen LogP contribution in [0.15, 0.2) is 18.2 Å². The van der Waals surface area contributed by atoms with E-state index >= 15 is 0 Å². The highest BCUT2D eigenvalue weighted by atomic mass is 16.7. The highest BCUT2D eigenvalue weighted by Gasteiger charge is 2.15. The van der Waals surface area contributed by atoms with Gasteiger partial charge in [0.2, 0.25) is 12.7 Å². The van der Waals surface area contributed by atoms with Gasteiger partial charge >= 0.3 is 0 Å². The molecule has 2 aromatic rings. The van der Waals surface area contributed by atoms with Crippen molar-refractivity contribution in [3.63, 3.8) is 0 Å². The quantitative estimate of drug-likeness (QED) is 0.719. The molecule has 0 fully saturated rings. The molecule has 19 heavy (non-hydrogen) atoms. The van der Waals surface area contributed by atoms with Gasteiger partial charge in [0.1, 0.15) is 11.6 Å². The van der Waals surface area contributed by atoms with Crippen LogP contribution in [-0.2, 0) is 6.42 Å². The van der Waals surface area contributed by atoms with Gasteiger partial charge in [-0.05, 0) is 17.7 Å². The lowest BCUT2D eigenvalue weighted by Gasteiger charge is -2.09. The van der Waals surface area contributed by atoms with Crippen molar-refractivity contribution in [1.82, 2.24) is 9.97 Å². The van der Waals surface area contributed by atoms with Crippen LogP contribution in [-0.4, -0.2) is 16.8 Å². The number of nitrogens with zero attached hydrogens (tertiary/aromatic N) is 2. The van der Waals surface area contributed by atoms with Gasteiger partial charge in [-0.1, -0.05) is 6.07 Å². The topological polar surface area (TPSA) is 122 Å². The maximum absolute atomic E-state index is 5.82. The summed E-state index contributed by atoms with van der Waals surface area (Å²) in [5.74, 6) is 2.11. The van der Waals surface area contributed by atoms with E-state index < -0.39 is 0 Å². The number of anilines is 3. The average molecular weight is 259 g/mol. The molecule has 0 amide bonds. The van der Waals surface area contributed by atoms with E-state index in [2.05, 4.69) is 9.97 Å². The average Bonchev–Trinajstić information content (AvgIpc) is 2.81. The third kappa shape index (κ3) is 2.05. The molecule has 0 bridgehead atoms. The van der Waals surface area contributed by atoms with Crippen LogP contribution in [0, 0.1) is 0 Å². The van der Waals surface area contributed by atoms with Crippen molar-refractivity contribution >= 4 is 17.6 Å². The summed E-state index contributed by atoms with van der Waals surface area (Å²) in [5.41, 5.74) is 18.8. The first-order valence-electron chi connectivity index (χ1n) is 5.69. The number of hydrogen-bond acceptors (Lipinski definition) is 7. The van der Waals surface area contributed by atoms with Crippen molar-refractivity contribution in [2.75, 3.05) is 24.0 Å². The van der Waals surface area contributed by atoms with E-state index in [1.807, 2.05) is 18.2 Å². The Balaban J connectivity index is 1.93. The normalized spacial score (nSPS) is 12.6. The number of nitrogen functional groups attached to an aromatic ring is 3. The Labute approximate surface area is 109 Å². The van der Waals surface area contributed by atoms with E-state index in [1.54, 1.807) is 0 Å². The molecule has 0 atom stereocenters. The Kier molecular flexibility index (Phi) is 2.52. The summed E-state index contributed by atoms with van der Waals surface area (Å²) in [4.78, 5) is 7.82. The molecule has 1 aromatic carbocycles. The van der Waals surface area contributed by atoms with Crippen LogP contribution in [0.5, 0.6) is 11.5 Å². The SMILES string of the molecule is Nc1nc(N)c(Cc2ccc3c(c2)OCO3)c(N)n1. The van der Waals surface area contributed by atoms with Crippen molar-refractivity contribution in [2.45, 2.75) is 6.42 Å². The van der Waals surface area contributed by atoms with Crippen LogP contribution in [0.1, 0.15) is 11.1 Å². The molecule has 7 heteroatoms. The molecule has 0 radical (unpaired) electrons. The molecule has 1 aliphatic rings. The maximum atomic E-state index is 5.82. The van der Waals surface area contributed by atoms with Crippen LogP contribution in [0.2, 0.25) is 0 Å². The third-order valence-corrected chi connectivity index (χ3v) is 2.91. The van der Waals surface area contributed by atoms with E-state index in [4.69, 9.17) is 26.7 Å². The summed E-state index contributed by atoms with van der Waals surface area (Å²) in [6.07, 6.45) is 0.509. The lowest BCUT2D eigenvalue weighted by Crippen LogP contribution is -2.09. The van der Waals surface area contributed by atoms with Crippen LogP contribution in [0.4, 0.5) is 17.6 Å². The second kappa shape index (κ2) is 4.20. The fourth-order valence-corrected chi connectivity index (χ4v) is 1.97. The molecule has 2 heterocycles. The monoisotopic (exact) mass is 259 g/mol. The first-order valence-corrected chi connectivity index (χ1v) is 5.69. The van der Waals surface area contributed by atoms with E-state index in [0.717, 1.165) is 11.3 Å². The van der Waals surface area contributed by atoms with Crippen LogP contribution in [0.25, 0.3) is 0 Å². The Morgan fingerprint density at radius 2 is 1.68 bits per heavy atom. The molecule has 0 saturated heterocycles. The number of fused-ring (bicyclic) bond motifs is 1. The summed E-state index contributed by atoms with van der Waals surface area (Å²) >= 11 is 0. The predicted octanol–water partition coefficient (Wildman–Crippen LogP) is 0.543. The zero-order chi connectivity index (χ0) is 13.4. The molecule has 3 rings (SSSR count). The molecule has 0 unspecified atom stereocenters. The maximum Gasteiger partial charge on any atom is 0.231 e. The second-order valence-corrected chi connectivity index (χ2v) is 4.20. The summed E-state index contributed by atoms with van der Waals surface area (Å²) in [5, 5.41) is 0. The number of nitrogens with two attached hydrogens (primary N) is 3. The third-order valence-electron chi connectivity index (χ3n) is 2.91. The van der Waals surface area contributed by atoms with Crippen molar-refractivity contribution in [2.24, 2.45) is 0 Å². The highest BCUT2D eigenvalue weighted by Crippen LogP contribution is 2.33. The van der Waals surface area contributed by atoms with Gasteiger partial charge in [0.25, 0.3) is 0 Å². The Morgan fingerprint density at radius 1 is 1.00 bits per heavy atom. The second-order valence-electron chi connectivity index (χ2n) is 4.20. The van der Waals surface area contributed by atoms with Crippen molar-refractivity contribution in [3.05, 3.63) is 29.3 Å². The fraction of sp³-hybridized carbons (Fsp3) is 0.167. The Morgan fingerprint density at radius 3 is 2.42 bits per heavy atom. The summed E-state index contributed by atoms with van der Waals surface area (Å²) in [7, 11) is 0. The van der Waals surface area contributed by atoms with Gasteiger partial charge in [-0.2, -0.15) is 9.97 Å². The van der Waals surface area contributed by atoms with Gasteiger partial charge in [0.15, 0.2) is 11.5 Å². The van der Waals surface area contributed by atoms with Crippen molar-refractivity contribution in [1.29, 1.82) is 0 Å². The minimum atomic E-state index is 0.0736. The Bertz CT molecular complexity index is 621. The Hall–Kier alpha value is -2.70. The minimum Gasteiger partial charge on any atom is -0.454 e. The lowest BCUT2D eigenvalue weighted by molar-refractivity contribution is 0.174. The van der Waals surface area contributed by atoms with Gasteiger partial charge in [-0.15, -0.1) is 0 Å². The van der Waals surface area contributed by atoms with Gasteiger partial charge in [0.05, 0.1) is 0 Å². The largest absolute Gasteiger partial charge is 0.454 e. The van der Waals surface area contributed by atoms with Gasteiger partial charge in [-0.25, -0.2) is 0 Å². The zero-order valence-electron chi connectivity index (χ0n) is 10.1. The van der Waals surface area contributed by atoms with Crippen molar-refractivity contribution < 1.29 is 9.47 Å². The number of benzene rings is 1. The van der Waals surface area contributed by atoms with E-state index in [1.165, 1.54) is 0 Å². The zero-order valence-corrected chi connectivity index (χ0v) is 10.1. The summed E-state index contributed by atoms with van der Waals surface area (Å²) in [6, 6.07) is 5.66. The van der Waals surface area contributed by atoms with Gasteiger partial charge < -0.3 is 26.7 Å². The van der Waals surface area contributed by atoms with Crippen LogP contribution < -0.4 is 26.7 Å². The summed E-state index contributed by atoms with van der Waals surface area (Å²) < 4.78 is 10.6. The lowest BCUT2D eigenvalue weighted by atomic mass is 10.1. The predicted molar refractivity (Wildman–Crippen MR) is 70.6 cm³/mol. The van der Waals surface area contributed by atoms with Crippen LogP contribution in [0.3, 0.4) is 0 Å². The molecule has 1 aliphatic heterocycles. The van der Waals surface area contributed by atoms with Gasteiger partial charge in [-0.3, -0.25) is 0 Å². The molecule has 0 aliphatic carbocycles. The first-order chi connectivity index (χ1) is 9.13. The highest BCUT2D eigenvalue weighted by molar-refractivity contribution is 5.58. The van der Waals surface area contributed by atoms with E-state index in [-0.39, 0.29) is 12.7 Å². The molecule has 6 N–H and O–H groups in total. The number of aromatic nitrogens is 2. The van der Waals surface area contributed by atoms with Gasteiger partial charge in [0, 0.05) is 12.0 Å². The van der Waals surface area contributed by atoms with E-state index in [9.17, 15) is 0 Å². The smallest absolute Gasteiger partial charge is 0.231 e. The number of ether oxygens (including phenoxy) is 2. The standard InChI is InChI=1S/C12H13N5O2/c13-10-7(11(14)17-12(15)16-10)3-6-1-2-8-9(4-6)19-5-18-8/h1-2,4H,3,5H2,(H6,13,14,15,16,17). The molecule has 0 spiro atoms. The fourth-order valence-electron chi connectivity index (χ4n) is 1.97. The molecule has 1 aromatic heterocycles. The molecular formula is C12H13N5O2. The molecule has 7 nitrogen and oxygen atoms in total. The molecule has 98 valence electrons. The van der Waals surface area contributed by atoms with Crippen LogP contribution >= 0.6 is 0 Å². The molecular weight excluding hydrogens is 246 g/mol. The summed E-state index contributed by atoms with van der Waals surface area (Å²) in [6.45, 7) is 0.244. The van der Waals surface area contributed by atoms with Crippen molar-refractivity contribution in [3.8, 4) is 11.5 Å². The minimum absolute atomic E-state index is 0.0736. The molecule has 0 saturated carbocycles. The first kappa shape index (κ1) is 11.4. The number of rotatable bonds is 2. The van der Waals surface area contributed by atoms with E-state index in [0.29, 0.717) is 29.4 Å². The number of hydrogen-bond donors (Lipinski definition) is 3.